The molecule has 0 heterocycles. The first kappa shape index (κ1) is 17.6. The third-order valence-electron chi connectivity index (χ3n) is 5.76. The van der Waals surface area contributed by atoms with Gasteiger partial charge < -0.3 is 15.8 Å². The van der Waals surface area contributed by atoms with Gasteiger partial charge >= 0.3 is 0 Å². The lowest BCUT2D eigenvalue weighted by Gasteiger charge is -2.12. The molecule has 144 valence electrons. The zero-order valence-corrected chi connectivity index (χ0v) is 16.4. The third kappa shape index (κ3) is 3.07. The maximum absolute atomic E-state index is 6.25. The van der Waals surface area contributed by atoms with E-state index in [0.29, 0.717) is 12.5 Å². The molecule has 4 aromatic carbocycles. The quantitative estimate of drug-likeness (QED) is 0.385. The molecule has 0 bridgehead atoms. The van der Waals surface area contributed by atoms with Crippen LogP contribution >= 0.6 is 0 Å². The van der Waals surface area contributed by atoms with Crippen LogP contribution in [-0.2, 0) is 19.4 Å². The molecule has 0 unspecified atom stereocenters. The number of nitrogens with one attached hydrogen (secondary N) is 1. The topological polar surface area (TPSA) is 59.6 Å². The third-order valence-corrected chi connectivity index (χ3v) is 5.76. The van der Waals surface area contributed by atoms with Gasteiger partial charge in [0, 0.05) is 11.1 Å². The maximum Gasteiger partial charge on any atom is 0.193 e. The second kappa shape index (κ2) is 7.13. The van der Waals surface area contributed by atoms with Crippen LogP contribution in [0, 0.1) is 0 Å². The summed E-state index contributed by atoms with van der Waals surface area (Å²) in [6, 6.07) is 23.0. The minimum Gasteiger partial charge on any atom is -0.496 e. The van der Waals surface area contributed by atoms with Crippen molar-refractivity contribution >= 4 is 33.2 Å². The SMILES string of the molecule is COc1ccc(CN=C(N)Nc2ccc3cccc4c3c2CC4)c2ccccc12. The molecule has 0 amide bonds. The molecule has 0 saturated heterocycles. The largest absolute Gasteiger partial charge is 0.496 e. The lowest BCUT2D eigenvalue weighted by atomic mass is 10.0. The summed E-state index contributed by atoms with van der Waals surface area (Å²) in [7, 11) is 1.70. The van der Waals surface area contributed by atoms with Gasteiger partial charge in [0.25, 0.3) is 0 Å². The molecule has 0 aliphatic heterocycles. The van der Waals surface area contributed by atoms with E-state index in [0.717, 1.165) is 40.6 Å². The van der Waals surface area contributed by atoms with Crippen molar-refractivity contribution in [2.24, 2.45) is 10.7 Å². The van der Waals surface area contributed by atoms with Gasteiger partial charge in [0.2, 0.25) is 0 Å². The second-order valence-corrected chi connectivity index (χ2v) is 7.41. The van der Waals surface area contributed by atoms with Gasteiger partial charge in [-0.25, -0.2) is 4.99 Å². The van der Waals surface area contributed by atoms with Crippen LogP contribution in [0.25, 0.3) is 21.5 Å². The molecule has 0 aromatic heterocycles. The normalized spacial score (nSPS) is 13.2. The summed E-state index contributed by atoms with van der Waals surface area (Å²) in [6.07, 6.45) is 2.12. The zero-order valence-electron chi connectivity index (χ0n) is 16.4. The molecule has 4 nitrogen and oxygen atoms in total. The Morgan fingerprint density at radius 3 is 2.69 bits per heavy atom. The lowest BCUT2D eigenvalue weighted by molar-refractivity contribution is 0.419. The Morgan fingerprint density at radius 2 is 1.83 bits per heavy atom. The Hall–Kier alpha value is -3.53. The first-order valence-electron chi connectivity index (χ1n) is 9.89. The fraction of sp³-hybridized carbons (Fsp3) is 0.160. The number of hydrogen-bond donors (Lipinski definition) is 2. The zero-order chi connectivity index (χ0) is 19.8. The number of ether oxygens (including phenoxy) is 1. The molecule has 1 aliphatic carbocycles. The van der Waals surface area contributed by atoms with Gasteiger partial charge in [0.15, 0.2) is 5.96 Å². The number of rotatable bonds is 4. The molecule has 0 atom stereocenters. The average Bonchev–Trinajstić information content (AvgIpc) is 3.20. The van der Waals surface area contributed by atoms with Crippen molar-refractivity contribution in [2.45, 2.75) is 19.4 Å². The first-order chi connectivity index (χ1) is 14.2. The fourth-order valence-electron chi connectivity index (χ4n) is 4.38. The summed E-state index contributed by atoms with van der Waals surface area (Å²) >= 11 is 0. The standard InChI is InChI=1S/C25H23N3O/c1-29-23-14-11-18(19-7-2-3-8-20(19)23)15-27-25(26)28-22-13-10-17-6-4-5-16-9-12-21(22)24(16)17/h2-8,10-11,13-14H,9,12,15H2,1H3,(H3,26,27,28). The minimum atomic E-state index is 0.435. The number of nitrogens with zero attached hydrogens (tertiary/aromatic N) is 1. The van der Waals surface area contributed by atoms with Crippen molar-refractivity contribution in [3.05, 3.63) is 83.4 Å². The number of aryl methyl sites for hydroxylation is 2. The molecule has 0 fully saturated rings. The molecule has 0 radical (unpaired) electrons. The predicted octanol–water partition coefficient (Wildman–Crippen LogP) is 5.03. The van der Waals surface area contributed by atoms with Crippen molar-refractivity contribution < 1.29 is 4.74 Å². The molecule has 4 heteroatoms. The highest BCUT2D eigenvalue weighted by Crippen LogP contribution is 2.35. The summed E-state index contributed by atoms with van der Waals surface area (Å²) in [5.74, 6) is 1.30. The highest BCUT2D eigenvalue weighted by atomic mass is 16.5. The molecule has 4 aromatic rings. The fourth-order valence-corrected chi connectivity index (χ4v) is 4.38. The average molecular weight is 381 g/mol. The molecule has 29 heavy (non-hydrogen) atoms. The van der Waals surface area contributed by atoms with Gasteiger partial charge in [-0.05, 0) is 57.8 Å². The second-order valence-electron chi connectivity index (χ2n) is 7.41. The van der Waals surface area contributed by atoms with Gasteiger partial charge in [0.1, 0.15) is 5.75 Å². The van der Waals surface area contributed by atoms with Crippen molar-refractivity contribution in [1.29, 1.82) is 0 Å². The number of nitrogens with two attached hydrogens (primary N) is 1. The summed E-state index contributed by atoms with van der Waals surface area (Å²) in [5.41, 5.74) is 11.2. The molecular weight excluding hydrogens is 358 g/mol. The number of hydrogen-bond acceptors (Lipinski definition) is 2. The summed E-state index contributed by atoms with van der Waals surface area (Å²) < 4.78 is 5.48. The minimum absolute atomic E-state index is 0.435. The number of methoxy groups -OCH3 is 1. The highest BCUT2D eigenvalue weighted by molar-refractivity contribution is 6.00. The van der Waals surface area contributed by atoms with Gasteiger partial charge in [-0.3, -0.25) is 0 Å². The van der Waals surface area contributed by atoms with E-state index < -0.39 is 0 Å². The van der Waals surface area contributed by atoms with E-state index in [4.69, 9.17) is 10.5 Å². The van der Waals surface area contributed by atoms with Crippen LogP contribution in [0.15, 0.2) is 71.7 Å². The van der Waals surface area contributed by atoms with Gasteiger partial charge in [0.05, 0.1) is 13.7 Å². The lowest BCUT2D eigenvalue weighted by Crippen LogP contribution is -2.23. The van der Waals surface area contributed by atoms with Gasteiger partial charge in [-0.2, -0.15) is 0 Å². The van der Waals surface area contributed by atoms with Crippen LogP contribution in [0.5, 0.6) is 5.75 Å². The summed E-state index contributed by atoms with van der Waals surface area (Å²) in [4.78, 5) is 4.61. The monoisotopic (exact) mass is 381 g/mol. The molecule has 0 saturated carbocycles. The van der Waals surface area contributed by atoms with Crippen LogP contribution in [-0.4, -0.2) is 13.1 Å². The number of benzene rings is 4. The Morgan fingerprint density at radius 1 is 0.966 bits per heavy atom. The van der Waals surface area contributed by atoms with E-state index in [2.05, 4.69) is 58.8 Å². The van der Waals surface area contributed by atoms with Crippen molar-refractivity contribution in [3.8, 4) is 5.75 Å². The molecule has 0 spiro atoms. The molecular formula is C25H23N3O. The van der Waals surface area contributed by atoms with Crippen molar-refractivity contribution in [3.63, 3.8) is 0 Å². The highest BCUT2D eigenvalue weighted by Gasteiger charge is 2.17. The van der Waals surface area contributed by atoms with Crippen LogP contribution < -0.4 is 15.8 Å². The predicted molar refractivity (Wildman–Crippen MR) is 121 cm³/mol. The van der Waals surface area contributed by atoms with Gasteiger partial charge in [-0.15, -0.1) is 0 Å². The number of fused-ring (bicyclic) bond motifs is 1. The van der Waals surface area contributed by atoms with E-state index in [-0.39, 0.29) is 0 Å². The maximum atomic E-state index is 6.25. The van der Waals surface area contributed by atoms with E-state index in [1.807, 2.05) is 18.2 Å². The Labute approximate surface area is 170 Å². The van der Waals surface area contributed by atoms with Crippen LogP contribution in [0.2, 0.25) is 0 Å². The van der Waals surface area contributed by atoms with Crippen molar-refractivity contribution in [1.82, 2.24) is 0 Å². The van der Waals surface area contributed by atoms with E-state index in [9.17, 15) is 0 Å². The number of guanidine groups is 1. The van der Waals surface area contributed by atoms with E-state index in [1.165, 1.54) is 21.9 Å². The number of anilines is 1. The van der Waals surface area contributed by atoms with Crippen LogP contribution in [0.3, 0.4) is 0 Å². The number of aliphatic imine (C=N–C) groups is 1. The molecule has 1 aliphatic rings. The summed E-state index contributed by atoms with van der Waals surface area (Å²) in [5, 5.41) is 8.21. The van der Waals surface area contributed by atoms with Crippen LogP contribution in [0.4, 0.5) is 5.69 Å². The Bertz CT molecular complexity index is 1260. The van der Waals surface area contributed by atoms with Gasteiger partial charge in [-0.1, -0.05) is 54.6 Å². The van der Waals surface area contributed by atoms with E-state index in [1.54, 1.807) is 7.11 Å². The van der Waals surface area contributed by atoms with E-state index >= 15 is 0 Å². The molecule has 3 N–H and O–H groups in total. The van der Waals surface area contributed by atoms with Crippen LogP contribution in [0.1, 0.15) is 16.7 Å². The first-order valence-corrected chi connectivity index (χ1v) is 9.89. The van der Waals surface area contributed by atoms with Crippen molar-refractivity contribution in [2.75, 3.05) is 12.4 Å². The molecule has 5 rings (SSSR count). The Kier molecular flexibility index (Phi) is 4.32. The summed E-state index contributed by atoms with van der Waals surface area (Å²) in [6.45, 7) is 0.511. The smallest absolute Gasteiger partial charge is 0.193 e. The Balaban J connectivity index is 1.43.